The number of nitrogens with zero attached hydrogens (tertiary/aromatic N) is 1. The summed E-state index contributed by atoms with van der Waals surface area (Å²) in [7, 11) is 0. The standard InChI is InChI=1S/C18H23ClFN3O3.ClH/c19-14-9-12(1-3-15(14)20)22-17(24)11-5-7-23(8-6-11)18(25)16-4-2-13(10-21)26-16;/h1,3,9,11,13,16H,2,4-8,10,21H2,(H,22,24);1H/t13-,16+;/m1./s1. The van der Waals surface area contributed by atoms with E-state index >= 15 is 0 Å². The van der Waals surface area contributed by atoms with Crippen LogP contribution in [0.3, 0.4) is 0 Å². The van der Waals surface area contributed by atoms with Crippen LogP contribution in [0.5, 0.6) is 0 Å². The quantitative estimate of drug-likeness (QED) is 0.785. The summed E-state index contributed by atoms with van der Waals surface area (Å²) >= 11 is 5.73. The van der Waals surface area contributed by atoms with Gasteiger partial charge in [-0.1, -0.05) is 11.6 Å². The molecule has 2 atom stereocenters. The Kier molecular flexibility index (Phi) is 7.85. The number of likely N-dealkylation sites (tertiary alicyclic amines) is 1. The van der Waals surface area contributed by atoms with E-state index in [1.54, 1.807) is 4.90 Å². The van der Waals surface area contributed by atoms with Crippen molar-refractivity contribution >= 4 is 41.5 Å². The van der Waals surface area contributed by atoms with Crippen LogP contribution < -0.4 is 11.1 Å². The molecule has 3 rings (SSSR count). The van der Waals surface area contributed by atoms with Gasteiger partial charge in [0, 0.05) is 31.2 Å². The molecule has 0 saturated carbocycles. The zero-order valence-corrected chi connectivity index (χ0v) is 16.4. The monoisotopic (exact) mass is 419 g/mol. The van der Waals surface area contributed by atoms with Crippen molar-refractivity contribution in [2.24, 2.45) is 11.7 Å². The summed E-state index contributed by atoms with van der Waals surface area (Å²) in [6.07, 6.45) is 2.24. The maximum absolute atomic E-state index is 13.2. The second-order valence-corrected chi connectivity index (χ2v) is 7.18. The van der Waals surface area contributed by atoms with Crippen molar-refractivity contribution in [1.82, 2.24) is 4.90 Å². The molecule has 3 N–H and O–H groups in total. The summed E-state index contributed by atoms with van der Waals surface area (Å²) in [5, 5.41) is 2.73. The largest absolute Gasteiger partial charge is 0.364 e. The van der Waals surface area contributed by atoms with Gasteiger partial charge in [0.15, 0.2) is 0 Å². The maximum Gasteiger partial charge on any atom is 0.251 e. The van der Waals surface area contributed by atoms with E-state index in [4.69, 9.17) is 22.1 Å². The topological polar surface area (TPSA) is 84.7 Å². The minimum absolute atomic E-state index is 0. The van der Waals surface area contributed by atoms with Crippen molar-refractivity contribution in [1.29, 1.82) is 0 Å². The zero-order valence-electron chi connectivity index (χ0n) is 14.8. The first-order chi connectivity index (χ1) is 12.5. The Balaban J connectivity index is 0.00000261. The number of halogens is 3. The van der Waals surface area contributed by atoms with Crippen LogP contribution in [0.4, 0.5) is 10.1 Å². The Morgan fingerprint density at radius 2 is 1.96 bits per heavy atom. The van der Waals surface area contributed by atoms with Gasteiger partial charge in [-0.05, 0) is 43.9 Å². The molecule has 150 valence electrons. The van der Waals surface area contributed by atoms with Crippen LogP contribution in [0.1, 0.15) is 25.7 Å². The van der Waals surface area contributed by atoms with Gasteiger partial charge in [0.05, 0.1) is 11.1 Å². The Bertz CT molecular complexity index is 684. The number of nitrogens with one attached hydrogen (secondary N) is 1. The smallest absolute Gasteiger partial charge is 0.251 e. The van der Waals surface area contributed by atoms with Crippen LogP contribution in [0.2, 0.25) is 5.02 Å². The molecule has 2 heterocycles. The van der Waals surface area contributed by atoms with Crippen LogP contribution in [-0.4, -0.2) is 48.6 Å². The molecule has 0 spiro atoms. The van der Waals surface area contributed by atoms with E-state index in [2.05, 4.69) is 5.32 Å². The number of carbonyl (C=O) groups excluding carboxylic acids is 2. The Morgan fingerprint density at radius 1 is 1.26 bits per heavy atom. The number of amides is 2. The number of piperidine rings is 1. The molecule has 0 bridgehead atoms. The van der Waals surface area contributed by atoms with Gasteiger partial charge in [-0.25, -0.2) is 4.39 Å². The van der Waals surface area contributed by atoms with Gasteiger partial charge >= 0.3 is 0 Å². The second kappa shape index (κ2) is 9.68. The van der Waals surface area contributed by atoms with Gasteiger partial charge in [0.1, 0.15) is 11.9 Å². The van der Waals surface area contributed by atoms with E-state index < -0.39 is 11.9 Å². The van der Waals surface area contributed by atoms with E-state index in [1.165, 1.54) is 18.2 Å². The van der Waals surface area contributed by atoms with Crippen LogP contribution in [0, 0.1) is 11.7 Å². The molecular weight excluding hydrogens is 396 g/mol. The first-order valence-corrected chi connectivity index (χ1v) is 9.26. The van der Waals surface area contributed by atoms with Crippen LogP contribution in [0.25, 0.3) is 0 Å². The van der Waals surface area contributed by atoms with Gasteiger partial charge in [-0.3, -0.25) is 9.59 Å². The van der Waals surface area contributed by atoms with E-state index in [0.29, 0.717) is 44.6 Å². The lowest BCUT2D eigenvalue weighted by atomic mass is 9.95. The van der Waals surface area contributed by atoms with Gasteiger partial charge in [-0.2, -0.15) is 0 Å². The molecule has 0 aromatic heterocycles. The fourth-order valence-electron chi connectivity index (χ4n) is 3.44. The molecule has 6 nitrogen and oxygen atoms in total. The van der Waals surface area contributed by atoms with Crippen LogP contribution >= 0.6 is 24.0 Å². The Labute approximate surface area is 169 Å². The van der Waals surface area contributed by atoms with Crippen molar-refractivity contribution in [2.45, 2.75) is 37.9 Å². The number of ether oxygens (including phenoxy) is 1. The molecular formula is C18H24Cl2FN3O3. The predicted molar refractivity (Wildman–Crippen MR) is 104 cm³/mol. The summed E-state index contributed by atoms with van der Waals surface area (Å²) in [6.45, 7) is 1.47. The van der Waals surface area contributed by atoms with E-state index in [-0.39, 0.29) is 41.3 Å². The fourth-order valence-corrected chi connectivity index (χ4v) is 3.63. The normalized spacial score (nSPS) is 23.0. The third kappa shape index (κ3) is 5.31. The Morgan fingerprint density at radius 3 is 2.56 bits per heavy atom. The zero-order chi connectivity index (χ0) is 18.7. The van der Waals surface area contributed by atoms with Crippen LogP contribution in [0.15, 0.2) is 18.2 Å². The highest BCUT2D eigenvalue weighted by Crippen LogP contribution is 2.25. The molecule has 0 radical (unpaired) electrons. The average molecular weight is 420 g/mol. The van der Waals surface area contributed by atoms with Gasteiger partial charge in [0.25, 0.3) is 5.91 Å². The van der Waals surface area contributed by atoms with Crippen molar-refractivity contribution < 1.29 is 18.7 Å². The number of nitrogens with two attached hydrogens (primary N) is 1. The van der Waals surface area contributed by atoms with Crippen molar-refractivity contribution in [3.05, 3.63) is 29.0 Å². The van der Waals surface area contributed by atoms with Gasteiger partial charge in [-0.15, -0.1) is 12.4 Å². The SMILES string of the molecule is Cl.NC[C@H]1CC[C@@H](C(=O)N2CCC(C(=O)Nc3ccc(F)c(Cl)c3)CC2)O1. The van der Waals surface area contributed by atoms with E-state index in [0.717, 1.165) is 6.42 Å². The minimum Gasteiger partial charge on any atom is -0.364 e. The highest BCUT2D eigenvalue weighted by Gasteiger charge is 2.35. The number of rotatable bonds is 4. The molecule has 27 heavy (non-hydrogen) atoms. The first kappa shape index (κ1) is 21.9. The summed E-state index contributed by atoms with van der Waals surface area (Å²) < 4.78 is 18.8. The third-order valence-corrected chi connectivity index (χ3v) is 5.30. The van der Waals surface area contributed by atoms with Crippen molar-refractivity contribution in [3.8, 4) is 0 Å². The molecule has 1 aromatic rings. The van der Waals surface area contributed by atoms with Crippen molar-refractivity contribution in [2.75, 3.05) is 25.0 Å². The number of hydrogen-bond acceptors (Lipinski definition) is 4. The highest BCUT2D eigenvalue weighted by atomic mass is 35.5. The molecule has 2 fully saturated rings. The molecule has 1 aromatic carbocycles. The lowest BCUT2D eigenvalue weighted by molar-refractivity contribution is -0.145. The maximum atomic E-state index is 13.2. The fraction of sp³-hybridized carbons (Fsp3) is 0.556. The highest BCUT2D eigenvalue weighted by molar-refractivity contribution is 6.31. The first-order valence-electron chi connectivity index (χ1n) is 8.88. The lowest BCUT2D eigenvalue weighted by Gasteiger charge is -2.32. The predicted octanol–water partition coefficient (Wildman–Crippen LogP) is 2.58. The molecule has 2 aliphatic heterocycles. The minimum atomic E-state index is -0.525. The molecule has 2 aliphatic rings. The van der Waals surface area contributed by atoms with E-state index in [9.17, 15) is 14.0 Å². The number of hydrogen-bond donors (Lipinski definition) is 2. The lowest BCUT2D eigenvalue weighted by Crippen LogP contribution is -2.45. The average Bonchev–Trinajstić information content (AvgIpc) is 3.13. The molecule has 2 saturated heterocycles. The molecule has 0 aliphatic carbocycles. The number of anilines is 1. The summed E-state index contributed by atoms with van der Waals surface area (Å²) in [5.41, 5.74) is 6.05. The molecule has 9 heteroatoms. The summed E-state index contributed by atoms with van der Waals surface area (Å²) in [6, 6.07) is 4.08. The summed E-state index contributed by atoms with van der Waals surface area (Å²) in [5.74, 6) is -0.864. The summed E-state index contributed by atoms with van der Waals surface area (Å²) in [4.78, 5) is 26.7. The van der Waals surface area contributed by atoms with Gasteiger partial charge < -0.3 is 20.7 Å². The second-order valence-electron chi connectivity index (χ2n) is 6.78. The van der Waals surface area contributed by atoms with Crippen LogP contribution in [-0.2, 0) is 14.3 Å². The third-order valence-electron chi connectivity index (χ3n) is 5.01. The molecule has 0 unspecified atom stereocenters. The van der Waals surface area contributed by atoms with Gasteiger partial charge in [0.2, 0.25) is 5.91 Å². The number of benzene rings is 1. The van der Waals surface area contributed by atoms with Crippen molar-refractivity contribution in [3.63, 3.8) is 0 Å². The molecule has 2 amide bonds. The van der Waals surface area contributed by atoms with E-state index in [1.807, 2.05) is 0 Å². The number of carbonyl (C=O) groups is 2. The Hall–Kier alpha value is -1.41.